The van der Waals surface area contributed by atoms with E-state index in [1.807, 2.05) is 100 Å². The van der Waals surface area contributed by atoms with Crippen LogP contribution < -0.4 is 19.4 Å². The summed E-state index contributed by atoms with van der Waals surface area (Å²) in [6.45, 7) is 18.4. The summed E-state index contributed by atoms with van der Waals surface area (Å²) < 4.78 is 76.7. The minimum Gasteiger partial charge on any atom is -0.356 e. The first-order chi connectivity index (χ1) is 36.8. The minimum atomic E-state index is -3.22. The SMILES string of the molecule is CC(C)Br.CC(C)N(CC1CCCN(c2nc(Cl)nc3ccccc23)C1)S(C)(=O)=O.CC(C)N(CC1CCCN(c2ncnc3ccccc23)C1)S(C)(=O)=O.CS(=O)(=O)NCC1CCCN(c2nc(Cl)nc3ccccc23)C1. The highest BCUT2D eigenvalue weighted by atomic mass is 79.9. The third-order valence-corrected chi connectivity index (χ3v) is 17.5. The van der Waals surface area contributed by atoms with Crippen molar-refractivity contribution in [2.24, 2.45) is 17.8 Å². The number of hydrogen-bond donors (Lipinski definition) is 1. The number of anilines is 3. The van der Waals surface area contributed by atoms with Gasteiger partial charge in [-0.25, -0.2) is 49.9 Å². The van der Waals surface area contributed by atoms with Crippen LogP contribution in [0.3, 0.4) is 0 Å². The van der Waals surface area contributed by atoms with Gasteiger partial charge in [0.2, 0.25) is 40.6 Å². The summed E-state index contributed by atoms with van der Waals surface area (Å²) in [6.07, 6.45) is 11.4. The fourth-order valence-corrected chi connectivity index (χ4v) is 13.6. The van der Waals surface area contributed by atoms with Crippen LogP contribution in [-0.4, -0.2) is 158 Å². The maximum absolute atomic E-state index is 12.1. The Morgan fingerprint density at radius 2 is 0.910 bits per heavy atom. The molecule has 0 spiro atoms. The van der Waals surface area contributed by atoms with E-state index in [2.05, 4.69) is 79.1 Å². The molecule has 3 aliphatic rings. The summed E-state index contributed by atoms with van der Waals surface area (Å²) in [5.74, 6) is 3.43. The van der Waals surface area contributed by atoms with Crippen LogP contribution in [0, 0.1) is 17.8 Å². The van der Waals surface area contributed by atoms with Gasteiger partial charge in [0.15, 0.2) is 0 Å². The first kappa shape index (κ1) is 63.1. The van der Waals surface area contributed by atoms with E-state index in [-0.39, 0.29) is 34.5 Å². The number of sulfonamides is 3. The Morgan fingerprint density at radius 3 is 1.31 bits per heavy atom. The standard InChI is InChI=1S/C18H25ClN4O2S.C18H26N4O2S.C15H19ClN4O2S.C3H7Br/c1-13(2)23(26(3,24)25)12-14-7-6-10-22(11-14)17-15-8-4-5-9-16(15)20-18(19)21-17;1-14(2)22(25(3,23)24)12-15-7-6-10-21(11-15)18-16-8-4-5-9-17(16)19-13-20-18;1-23(21,22)17-9-11-5-4-8-20(10-11)14-12-6-2-3-7-13(12)18-15(16)19-14;1-3(2)4/h4-5,8-9,13-14H,6-7,10-12H2,1-3H3;4-5,8-9,13-15H,6-7,10-12H2,1-3H3;2-3,6-7,11,17H,4-5,8-10H2,1H3;3H,1-2H3. The van der Waals surface area contributed by atoms with Crippen molar-refractivity contribution in [3.63, 3.8) is 0 Å². The van der Waals surface area contributed by atoms with Gasteiger partial charge in [0.25, 0.3) is 0 Å². The van der Waals surface area contributed by atoms with Gasteiger partial charge in [-0.2, -0.15) is 18.6 Å². The topological polar surface area (TPSA) is 208 Å². The van der Waals surface area contributed by atoms with E-state index in [4.69, 9.17) is 23.2 Å². The van der Waals surface area contributed by atoms with Crippen LogP contribution in [0.2, 0.25) is 10.6 Å². The molecule has 3 unspecified atom stereocenters. The van der Waals surface area contributed by atoms with E-state index in [1.165, 1.54) is 18.8 Å². The highest BCUT2D eigenvalue weighted by molar-refractivity contribution is 9.09. The largest absolute Gasteiger partial charge is 0.356 e. The monoisotopic (exact) mass is 1230 g/mol. The normalized spacial score (nSPS) is 18.5. The number of rotatable bonds is 14. The van der Waals surface area contributed by atoms with Crippen molar-refractivity contribution in [2.45, 2.75) is 97.0 Å². The number of alkyl halides is 1. The van der Waals surface area contributed by atoms with Crippen molar-refractivity contribution in [2.75, 3.05) is 92.4 Å². The van der Waals surface area contributed by atoms with Crippen molar-refractivity contribution in [3.8, 4) is 0 Å². The van der Waals surface area contributed by atoms with Crippen LogP contribution in [-0.2, 0) is 30.1 Å². The van der Waals surface area contributed by atoms with E-state index in [0.29, 0.717) is 30.4 Å². The molecular formula is C54H77BrCl2N12O6S3. The molecule has 0 bridgehead atoms. The maximum Gasteiger partial charge on any atom is 0.224 e. The smallest absolute Gasteiger partial charge is 0.224 e. The van der Waals surface area contributed by atoms with Crippen molar-refractivity contribution in [1.82, 2.24) is 43.2 Å². The van der Waals surface area contributed by atoms with Gasteiger partial charge in [0.1, 0.15) is 23.8 Å². The van der Waals surface area contributed by atoms with E-state index >= 15 is 0 Å². The third-order valence-electron chi connectivity index (χ3n) is 13.6. The summed E-state index contributed by atoms with van der Waals surface area (Å²) in [4.78, 5) is 33.6. The van der Waals surface area contributed by atoms with Crippen LogP contribution in [0.1, 0.15) is 80.1 Å². The quantitative estimate of drug-likeness (QED) is 0.0796. The molecule has 3 atom stereocenters. The maximum atomic E-state index is 12.1. The molecule has 78 heavy (non-hydrogen) atoms. The molecule has 18 nitrogen and oxygen atoms in total. The van der Waals surface area contributed by atoms with Crippen LogP contribution in [0.4, 0.5) is 17.5 Å². The fourth-order valence-electron chi connectivity index (χ4n) is 10.3. The van der Waals surface area contributed by atoms with Gasteiger partial charge >= 0.3 is 0 Å². The first-order valence-electron chi connectivity index (χ1n) is 26.6. The van der Waals surface area contributed by atoms with Gasteiger partial charge in [0.05, 0.1) is 35.3 Å². The molecule has 3 fully saturated rings. The molecule has 0 radical (unpaired) electrons. The molecule has 0 amide bonds. The van der Waals surface area contributed by atoms with E-state index in [0.717, 1.165) is 128 Å². The molecular weight excluding hydrogens is 1160 g/mol. The lowest BCUT2D eigenvalue weighted by molar-refractivity contribution is 0.277. The van der Waals surface area contributed by atoms with Gasteiger partial charge in [-0.3, -0.25) is 0 Å². The Bertz CT molecular complexity index is 3270. The molecule has 3 aliphatic heterocycles. The number of halogens is 3. The number of nitrogens with one attached hydrogen (secondary N) is 1. The number of piperidine rings is 3. The minimum absolute atomic E-state index is 0.0229. The molecule has 0 saturated carbocycles. The number of nitrogens with zero attached hydrogens (tertiary/aromatic N) is 11. The Hall–Kier alpha value is -4.13. The Labute approximate surface area is 481 Å². The Morgan fingerprint density at radius 1 is 0.551 bits per heavy atom. The Kier molecular flexibility index (Phi) is 23.1. The van der Waals surface area contributed by atoms with Crippen molar-refractivity contribution in [1.29, 1.82) is 0 Å². The molecule has 0 aliphatic carbocycles. The van der Waals surface area contributed by atoms with E-state index in [9.17, 15) is 25.3 Å². The summed E-state index contributed by atoms with van der Waals surface area (Å²) in [7, 11) is -9.57. The molecule has 3 aromatic heterocycles. The molecule has 6 heterocycles. The molecule has 3 saturated heterocycles. The van der Waals surface area contributed by atoms with Crippen molar-refractivity contribution in [3.05, 3.63) is 89.7 Å². The van der Waals surface area contributed by atoms with Gasteiger partial charge in [-0.15, -0.1) is 0 Å². The number of hydrogen-bond acceptors (Lipinski definition) is 15. The summed E-state index contributed by atoms with van der Waals surface area (Å²) >= 11 is 15.5. The van der Waals surface area contributed by atoms with Gasteiger partial charge < -0.3 is 14.7 Å². The second kappa shape index (κ2) is 28.5. The molecule has 6 aromatic rings. The third kappa shape index (κ3) is 18.7. The lowest BCUT2D eigenvalue weighted by Gasteiger charge is -2.37. The predicted molar refractivity (Wildman–Crippen MR) is 324 cm³/mol. The molecule has 1 N–H and O–H groups in total. The fraction of sp³-hybridized carbons (Fsp3) is 0.556. The zero-order valence-electron chi connectivity index (χ0n) is 46.3. The van der Waals surface area contributed by atoms with Crippen molar-refractivity contribution < 1.29 is 25.3 Å². The number of aromatic nitrogens is 6. The number of fused-ring (bicyclic) bond motifs is 3. The molecule has 3 aromatic carbocycles. The summed E-state index contributed by atoms with van der Waals surface area (Å²) in [5.41, 5.74) is 2.58. The van der Waals surface area contributed by atoms with Gasteiger partial charge in [-0.1, -0.05) is 66.2 Å². The first-order valence-corrected chi connectivity index (χ1v) is 33.8. The summed E-state index contributed by atoms with van der Waals surface area (Å²) in [5, 5.41) is 3.46. The van der Waals surface area contributed by atoms with Crippen LogP contribution >= 0.6 is 39.1 Å². The van der Waals surface area contributed by atoms with Crippen LogP contribution in [0.25, 0.3) is 32.7 Å². The molecule has 9 rings (SSSR count). The zero-order chi connectivity index (χ0) is 57.0. The lowest BCUT2D eigenvalue weighted by Crippen LogP contribution is -2.45. The molecule has 24 heteroatoms. The van der Waals surface area contributed by atoms with E-state index in [1.54, 1.807) is 14.9 Å². The van der Waals surface area contributed by atoms with Crippen molar-refractivity contribution >= 4 is 119 Å². The Balaban J connectivity index is 0.000000183. The number of para-hydroxylation sites is 3. The highest BCUT2D eigenvalue weighted by Gasteiger charge is 2.31. The molecule has 428 valence electrons. The highest BCUT2D eigenvalue weighted by Crippen LogP contribution is 2.32. The average molecular weight is 1240 g/mol. The van der Waals surface area contributed by atoms with Crippen LogP contribution in [0.15, 0.2) is 79.1 Å². The lowest BCUT2D eigenvalue weighted by atomic mass is 9.97. The predicted octanol–water partition coefficient (Wildman–Crippen LogP) is 9.52. The summed E-state index contributed by atoms with van der Waals surface area (Å²) in [6, 6.07) is 23.6. The second-order valence-electron chi connectivity index (χ2n) is 21.2. The van der Waals surface area contributed by atoms with Gasteiger partial charge in [0, 0.05) is 92.0 Å². The average Bonchev–Trinajstić information content (AvgIpc) is 3.38. The zero-order valence-corrected chi connectivity index (χ0v) is 51.9. The second-order valence-corrected chi connectivity index (χ2v) is 29.4. The number of benzene rings is 3. The van der Waals surface area contributed by atoms with E-state index < -0.39 is 30.1 Å². The van der Waals surface area contributed by atoms with Crippen LogP contribution in [0.5, 0.6) is 0 Å². The van der Waals surface area contributed by atoms with Gasteiger partial charge in [-0.05, 0) is 144 Å².